The van der Waals surface area contributed by atoms with Crippen molar-refractivity contribution in [1.29, 1.82) is 0 Å². The summed E-state index contributed by atoms with van der Waals surface area (Å²) < 4.78 is 18.9. The summed E-state index contributed by atoms with van der Waals surface area (Å²) in [5.74, 6) is -2.13. The van der Waals surface area contributed by atoms with E-state index in [-0.39, 0.29) is 27.9 Å². The summed E-state index contributed by atoms with van der Waals surface area (Å²) in [5.41, 5.74) is 0.207. The minimum atomic E-state index is -0.829. The lowest BCUT2D eigenvalue weighted by Crippen LogP contribution is -2.27. The van der Waals surface area contributed by atoms with Crippen LogP contribution >= 0.6 is 34.8 Å². The number of rotatable bonds is 6. The molecule has 1 amide bonds. The van der Waals surface area contributed by atoms with Gasteiger partial charge in [-0.25, -0.2) is 9.18 Å². The monoisotopic (exact) mass is 441 g/mol. The molecule has 1 N–H and O–H groups in total. The van der Waals surface area contributed by atoms with Gasteiger partial charge in [-0.3, -0.25) is 4.79 Å². The molecule has 28 heavy (non-hydrogen) atoms. The highest BCUT2D eigenvalue weighted by atomic mass is 35.5. The molecule has 0 heterocycles. The molecule has 0 spiro atoms. The first-order valence-corrected chi connectivity index (χ1v) is 9.22. The first-order chi connectivity index (χ1) is 13.3. The number of amides is 1. The van der Waals surface area contributed by atoms with E-state index in [4.69, 9.17) is 39.5 Å². The molecule has 0 bridgehead atoms. The van der Waals surface area contributed by atoms with Crippen LogP contribution in [0, 0.1) is 5.82 Å². The summed E-state index contributed by atoms with van der Waals surface area (Å²) in [6.07, 6.45) is 3.71. The van der Waals surface area contributed by atoms with E-state index in [1.54, 1.807) is 25.1 Å². The zero-order chi connectivity index (χ0) is 20.7. The zero-order valence-corrected chi connectivity index (χ0v) is 16.9. The van der Waals surface area contributed by atoms with Crippen LogP contribution in [0.1, 0.15) is 18.1 Å². The van der Waals surface area contributed by atoms with E-state index in [2.05, 4.69) is 5.32 Å². The number of benzene rings is 2. The van der Waals surface area contributed by atoms with Crippen molar-refractivity contribution in [3.63, 3.8) is 0 Å². The second-order valence-electron chi connectivity index (χ2n) is 5.38. The van der Waals surface area contributed by atoms with E-state index < -0.39 is 17.7 Å². The Morgan fingerprint density at radius 1 is 1.11 bits per heavy atom. The molecular weight excluding hydrogens is 428 g/mol. The van der Waals surface area contributed by atoms with Gasteiger partial charge in [0.15, 0.2) is 0 Å². The summed E-state index contributed by atoms with van der Waals surface area (Å²) >= 11 is 18.0. The van der Waals surface area contributed by atoms with Crippen LogP contribution in [0.15, 0.2) is 48.2 Å². The van der Waals surface area contributed by atoms with Crippen LogP contribution in [0.2, 0.25) is 15.1 Å². The van der Waals surface area contributed by atoms with Crippen molar-refractivity contribution in [3.8, 4) is 0 Å². The maximum Gasteiger partial charge on any atom is 0.354 e. The molecule has 2 aromatic rings. The number of nitrogens with one attached hydrogen (secondary N) is 1. The Bertz CT molecular complexity index is 937. The van der Waals surface area contributed by atoms with Crippen molar-refractivity contribution in [2.24, 2.45) is 0 Å². The molecule has 0 saturated carbocycles. The van der Waals surface area contributed by atoms with E-state index in [1.165, 1.54) is 24.3 Å². The van der Waals surface area contributed by atoms with Crippen LogP contribution in [0.5, 0.6) is 0 Å². The van der Waals surface area contributed by atoms with Crippen LogP contribution in [-0.4, -0.2) is 18.5 Å². The molecule has 0 fully saturated rings. The topological polar surface area (TPSA) is 55.4 Å². The minimum absolute atomic E-state index is 0.0469. The third kappa shape index (κ3) is 5.83. The lowest BCUT2D eigenvalue weighted by atomic mass is 10.1. The van der Waals surface area contributed by atoms with Crippen LogP contribution in [0.25, 0.3) is 12.2 Å². The molecule has 4 nitrogen and oxygen atoms in total. The van der Waals surface area contributed by atoms with Gasteiger partial charge < -0.3 is 10.1 Å². The molecule has 0 radical (unpaired) electrons. The van der Waals surface area contributed by atoms with E-state index in [1.807, 2.05) is 0 Å². The van der Waals surface area contributed by atoms with E-state index in [9.17, 15) is 14.0 Å². The van der Waals surface area contributed by atoms with Gasteiger partial charge in [-0.05, 0) is 42.8 Å². The van der Waals surface area contributed by atoms with E-state index >= 15 is 0 Å². The van der Waals surface area contributed by atoms with Crippen molar-refractivity contribution in [1.82, 2.24) is 5.32 Å². The summed E-state index contributed by atoms with van der Waals surface area (Å²) in [5, 5.41) is 3.07. The zero-order valence-electron chi connectivity index (χ0n) is 14.6. The van der Waals surface area contributed by atoms with Crippen molar-refractivity contribution in [2.45, 2.75) is 6.92 Å². The van der Waals surface area contributed by atoms with Crippen LogP contribution in [0.4, 0.5) is 4.39 Å². The first-order valence-electron chi connectivity index (χ1n) is 8.09. The van der Waals surface area contributed by atoms with Gasteiger partial charge in [0.2, 0.25) is 5.91 Å². The van der Waals surface area contributed by atoms with E-state index in [0.29, 0.717) is 10.6 Å². The highest BCUT2D eigenvalue weighted by Gasteiger charge is 2.15. The van der Waals surface area contributed by atoms with Crippen LogP contribution in [0.3, 0.4) is 0 Å². The number of halogens is 4. The number of carbonyl (C=O) groups excluding carboxylic acids is 2. The number of esters is 1. The quantitative estimate of drug-likeness (QED) is 0.473. The van der Waals surface area contributed by atoms with E-state index in [0.717, 1.165) is 12.2 Å². The Labute approximate surface area is 176 Å². The largest absolute Gasteiger partial charge is 0.461 e. The Kier molecular flexibility index (Phi) is 8.05. The molecule has 0 saturated heterocycles. The fourth-order valence-corrected chi connectivity index (χ4v) is 2.73. The van der Waals surface area contributed by atoms with Crippen LogP contribution < -0.4 is 5.32 Å². The molecular formula is C20H15Cl3FNO3. The van der Waals surface area contributed by atoms with Crippen molar-refractivity contribution < 1.29 is 18.7 Å². The maximum atomic E-state index is 14.0. The fourth-order valence-electron chi connectivity index (χ4n) is 2.14. The molecule has 8 heteroatoms. The third-order valence-electron chi connectivity index (χ3n) is 3.44. The SMILES string of the molecule is CCOC(=O)C(=Cc1c(F)cccc1Cl)NC(=O)C=Cc1cccc(Cl)c1Cl. The predicted molar refractivity (Wildman–Crippen MR) is 110 cm³/mol. The molecule has 2 rings (SSSR count). The number of ether oxygens (including phenoxy) is 1. The summed E-state index contributed by atoms with van der Waals surface area (Å²) in [6, 6.07) is 9.02. The van der Waals surface area contributed by atoms with Gasteiger partial charge in [-0.1, -0.05) is 53.0 Å². The van der Waals surface area contributed by atoms with Crippen molar-refractivity contribution >= 4 is 58.8 Å². The Morgan fingerprint density at radius 3 is 2.46 bits per heavy atom. The normalized spacial score (nSPS) is 11.5. The standard InChI is InChI=1S/C20H15Cl3FNO3/c1-2-28-20(27)17(11-13-14(21)6-4-8-16(13)24)25-18(26)10-9-12-5-3-7-15(22)19(12)23/h3-11H,2H2,1H3,(H,25,26). The van der Waals surface area contributed by atoms with Gasteiger partial charge in [0, 0.05) is 11.6 Å². The second-order valence-corrected chi connectivity index (χ2v) is 6.57. The van der Waals surface area contributed by atoms with Gasteiger partial charge in [-0.2, -0.15) is 0 Å². The van der Waals surface area contributed by atoms with Gasteiger partial charge in [0.25, 0.3) is 0 Å². The molecule has 0 unspecified atom stereocenters. The van der Waals surface area contributed by atoms with Gasteiger partial charge in [0.05, 0.1) is 21.7 Å². The molecule has 0 aliphatic heterocycles. The highest BCUT2D eigenvalue weighted by molar-refractivity contribution is 6.42. The number of hydrogen-bond donors (Lipinski definition) is 1. The lowest BCUT2D eigenvalue weighted by Gasteiger charge is -2.09. The Hall–Kier alpha value is -2.34. The number of hydrogen-bond acceptors (Lipinski definition) is 3. The molecule has 0 aromatic heterocycles. The summed E-state index contributed by atoms with van der Waals surface area (Å²) in [6.45, 7) is 1.68. The highest BCUT2D eigenvalue weighted by Crippen LogP contribution is 2.26. The van der Waals surface area contributed by atoms with Gasteiger partial charge in [0.1, 0.15) is 11.5 Å². The molecule has 0 aliphatic carbocycles. The molecule has 2 aromatic carbocycles. The third-order valence-corrected chi connectivity index (χ3v) is 4.60. The molecule has 0 aliphatic rings. The Morgan fingerprint density at radius 2 is 1.79 bits per heavy atom. The number of carbonyl (C=O) groups is 2. The fraction of sp³-hybridized carbons (Fsp3) is 0.100. The van der Waals surface area contributed by atoms with Gasteiger partial charge in [-0.15, -0.1) is 0 Å². The summed E-state index contributed by atoms with van der Waals surface area (Å²) in [4.78, 5) is 24.4. The maximum absolute atomic E-state index is 14.0. The lowest BCUT2D eigenvalue weighted by molar-refractivity contribution is -0.139. The van der Waals surface area contributed by atoms with Crippen molar-refractivity contribution in [2.75, 3.05) is 6.61 Å². The smallest absolute Gasteiger partial charge is 0.354 e. The van der Waals surface area contributed by atoms with Crippen LogP contribution in [-0.2, 0) is 14.3 Å². The summed E-state index contributed by atoms with van der Waals surface area (Å²) in [7, 11) is 0. The Balaban J connectivity index is 2.29. The minimum Gasteiger partial charge on any atom is -0.461 e. The average Bonchev–Trinajstić information content (AvgIpc) is 2.65. The molecule has 146 valence electrons. The molecule has 0 atom stereocenters. The van der Waals surface area contributed by atoms with Gasteiger partial charge >= 0.3 is 5.97 Å². The van der Waals surface area contributed by atoms with Crippen molar-refractivity contribution in [3.05, 3.63) is 80.2 Å². The first kappa shape index (κ1) is 22.0. The predicted octanol–water partition coefficient (Wildman–Crippen LogP) is 5.52. The average molecular weight is 443 g/mol. The second kappa shape index (κ2) is 10.3.